The molecule has 6 nitrogen and oxygen atoms in total. The first-order chi connectivity index (χ1) is 9.04. The lowest BCUT2D eigenvalue weighted by atomic mass is 10.1. The third-order valence-corrected chi connectivity index (χ3v) is 2.88. The van der Waals surface area contributed by atoms with Gasteiger partial charge in [-0.2, -0.15) is 10.1 Å². The second kappa shape index (κ2) is 4.17. The molecular formula is C13H15N5O. The summed E-state index contributed by atoms with van der Waals surface area (Å²) in [5.41, 5.74) is 6.36. The standard InChI is InChI=1S/C13H15N5O/c1-13(2,14)12-16-11(19-17-12)8-18-10-6-4-3-5-9(10)7-15-18/h3-7H,8,14H2,1-2H3. The van der Waals surface area contributed by atoms with Crippen LogP contribution in [0.15, 0.2) is 35.0 Å². The van der Waals surface area contributed by atoms with Crippen molar-refractivity contribution in [3.63, 3.8) is 0 Å². The zero-order valence-corrected chi connectivity index (χ0v) is 10.9. The van der Waals surface area contributed by atoms with Gasteiger partial charge in [-0.05, 0) is 19.9 Å². The molecule has 0 bridgehead atoms. The molecule has 2 heterocycles. The molecule has 6 heteroatoms. The Morgan fingerprint density at radius 2 is 2.11 bits per heavy atom. The monoisotopic (exact) mass is 257 g/mol. The average molecular weight is 257 g/mol. The Morgan fingerprint density at radius 3 is 2.84 bits per heavy atom. The number of hydrogen-bond acceptors (Lipinski definition) is 5. The summed E-state index contributed by atoms with van der Waals surface area (Å²) in [5.74, 6) is 1.00. The van der Waals surface area contributed by atoms with Gasteiger partial charge in [0.1, 0.15) is 6.54 Å². The Bertz CT molecular complexity index is 707. The minimum Gasteiger partial charge on any atom is -0.337 e. The van der Waals surface area contributed by atoms with E-state index in [4.69, 9.17) is 10.3 Å². The van der Waals surface area contributed by atoms with Gasteiger partial charge >= 0.3 is 0 Å². The highest BCUT2D eigenvalue weighted by atomic mass is 16.5. The van der Waals surface area contributed by atoms with Crippen molar-refractivity contribution in [1.82, 2.24) is 19.9 Å². The number of nitrogens with two attached hydrogens (primary N) is 1. The Labute approximate surface area is 110 Å². The van der Waals surface area contributed by atoms with E-state index in [-0.39, 0.29) is 0 Å². The Morgan fingerprint density at radius 1 is 1.32 bits per heavy atom. The first kappa shape index (κ1) is 11.9. The molecule has 0 atom stereocenters. The Balaban J connectivity index is 1.91. The lowest BCUT2D eigenvalue weighted by Crippen LogP contribution is -2.30. The first-order valence-electron chi connectivity index (χ1n) is 6.06. The van der Waals surface area contributed by atoms with E-state index >= 15 is 0 Å². The highest BCUT2D eigenvalue weighted by Gasteiger charge is 2.21. The third kappa shape index (κ3) is 2.22. The molecule has 19 heavy (non-hydrogen) atoms. The molecule has 3 aromatic rings. The van der Waals surface area contributed by atoms with E-state index in [9.17, 15) is 0 Å². The summed E-state index contributed by atoms with van der Waals surface area (Å²) < 4.78 is 7.04. The molecule has 0 amide bonds. The van der Waals surface area contributed by atoms with Crippen LogP contribution in [0, 0.1) is 0 Å². The highest BCUT2D eigenvalue weighted by Crippen LogP contribution is 2.16. The lowest BCUT2D eigenvalue weighted by molar-refractivity contribution is 0.352. The summed E-state index contributed by atoms with van der Waals surface area (Å²) in [6.45, 7) is 4.12. The summed E-state index contributed by atoms with van der Waals surface area (Å²) in [6.07, 6.45) is 1.82. The van der Waals surface area contributed by atoms with E-state index in [2.05, 4.69) is 15.2 Å². The zero-order chi connectivity index (χ0) is 13.5. The maximum absolute atomic E-state index is 5.93. The zero-order valence-electron chi connectivity index (χ0n) is 10.9. The Kier molecular flexibility index (Phi) is 2.60. The second-order valence-electron chi connectivity index (χ2n) is 5.09. The van der Waals surface area contributed by atoms with Crippen molar-refractivity contribution in [1.29, 1.82) is 0 Å². The fourth-order valence-corrected chi connectivity index (χ4v) is 1.86. The molecule has 0 aliphatic carbocycles. The Hall–Kier alpha value is -2.21. The highest BCUT2D eigenvalue weighted by molar-refractivity contribution is 5.78. The minimum atomic E-state index is -0.603. The van der Waals surface area contributed by atoms with Crippen LogP contribution in [-0.2, 0) is 12.1 Å². The van der Waals surface area contributed by atoms with Gasteiger partial charge < -0.3 is 10.3 Å². The molecule has 2 aromatic heterocycles. The molecule has 0 fully saturated rings. The van der Waals surface area contributed by atoms with Crippen LogP contribution in [-0.4, -0.2) is 19.9 Å². The smallest absolute Gasteiger partial charge is 0.248 e. The number of benzene rings is 1. The van der Waals surface area contributed by atoms with E-state index < -0.39 is 5.54 Å². The van der Waals surface area contributed by atoms with Crippen LogP contribution >= 0.6 is 0 Å². The van der Waals surface area contributed by atoms with Gasteiger partial charge in [0.05, 0.1) is 17.3 Å². The van der Waals surface area contributed by atoms with Gasteiger partial charge in [0.25, 0.3) is 0 Å². The summed E-state index contributed by atoms with van der Waals surface area (Å²) in [4.78, 5) is 4.30. The van der Waals surface area contributed by atoms with Gasteiger partial charge in [0.2, 0.25) is 5.89 Å². The second-order valence-corrected chi connectivity index (χ2v) is 5.09. The summed E-state index contributed by atoms with van der Waals surface area (Å²) in [7, 11) is 0. The van der Waals surface area contributed by atoms with E-state index in [1.165, 1.54) is 0 Å². The van der Waals surface area contributed by atoms with Gasteiger partial charge in [-0.25, -0.2) is 0 Å². The maximum atomic E-state index is 5.93. The molecule has 0 unspecified atom stereocenters. The average Bonchev–Trinajstić information content (AvgIpc) is 2.97. The molecule has 0 radical (unpaired) electrons. The fourth-order valence-electron chi connectivity index (χ4n) is 1.86. The SMILES string of the molecule is CC(C)(N)c1noc(Cn2ncc3ccccc32)n1. The van der Waals surface area contributed by atoms with E-state index in [1.54, 1.807) is 0 Å². The van der Waals surface area contributed by atoms with E-state index in [0.29, 0.717) is 18.3 Å². The molecule has 1 aromatic carbocycles. The van der Waals surface area contributed by atoms with Gasteiger partial charge in [-0.1, -0.05) is 23.4 Å². The molecule has 0 spiro atoms. The van der Waals surface area contributed by atoms with Crippen molar-refractivity contribution in [2.75, 3.05) is 0 Å². The molecule has 0 saturated carbocycles. The number of fused-ring (bicyclic) bond motifs is 1. The molecule has 0 aliphatic rings. The summed E-state index contributed by atoms with van der Waals surface area (Å²) in [6, 6.07) is 7.98. The summed E-state index contributed by atoms with van der Waals surface area (Å²) >= 11 is 0. The number of para-hydroxylation sites is 1. The van der Waals surface area contributed by atoms with E-state index in [1.807, 2.05) is 49.0 Å². The van der Waals surface area contributed by atoms with Crippen LogP contribution in [0.3, 0.4) is 0 Å². The van der Waals surface area contributed by atoms with Crippen molar-refractivity contribution in [3.05, 3.63) is 42.2 Å². The molecular weight excluding hydrogens is 242 g/mol. The molecule has 3 rings (SSSR count). The lowest BCUT2D eigenvalue weighted by Gasteiger charge is -2.11. The number of aromatic nitrogens is 4. The predicted molar refractivity (Wildman–Crippen MR) is 70.3 cm³/mol. The van der Waals surface area contributed by atoms with Crippen LogP contribution in [0.2, 0.25) is 0 Å². The minimum absolute atomic E-state index is 0.441. The summed E-state index contributed by atoms with van der Waals surface area (Å²) in [5, 5.41) is 9.30. The molecule has 98 valence electrons. The van der Waals surface area contributed by atoms with Crippen molar-refractivity contribution in [2.45, 2.75) is 25.9 Å². The van der Waals surface area contributed by atoms with Crippen molar-refractivity contribution in [3.8, 4) is 0 Å². The largest absolute Gasteiger partial charge is 0.337 e. The maximum Gasteiger partial charge on any atom is 0.248 e. The topological polar surface area (TPSA) is 82.8 Å². The van der Waals surface area contributed by atoms with Crippen molar-refractivity contribution >= 4 is 10.9 Å². The fraction of sp³-hybridized carbons (Fsp3) is 0.308. The van der Waals surface area contributed by atoms with Crippen LogP contribution < -0.4 is 5.73 Å². The number of nitrogens with zero attached hydrogens (tertiary/aromatic N) is 4. The van der Waals surface area contributed by atoms with Crippen LogP contribution in [0.25, 0.3) is 10.9 Å². The molecule has 0 saturated heterocycles. The van der Waals surface area contributed by atoms with Gasteiger partial charge in [0, 0.05) is 5.39 Å². The van der Waals surface area contributed by atoms with E-state index in [0.717, 1.165) is 10.9 Å². The predicted octanol–water partition coefficient (Wildman–Crippen LogP) is 1.66. The van der Waals surface area contributed by atoms with Crippen molar-refractivity contribution in [2.24, 2.45) is 5.73 Å². The normalized spacial score (nSPS) is 12.2. The third-order valence-electron chi connectivity index (χ3n) is 2.88. The van der Waals surface area contributed by atoms with Gasteiger partial charge in [-0.15, -0.1) is 0 Å². The first-order valence-corrected chi connectivity index (χ1v) is 6.06. The quantitative estimate of drug-likeness (QED) is 0.771. The number of rotatable bonds is 3. The van der Waals surface area contributed by atoms with Crippen LogP contribution in [0.5, 0.6) is 0 Å². The number of hydrogen-bond donors (Lipinski definition) is 1. The molecule has 0 aliphatic heterocycles. The van der Waals surface area contributed by atoms with Gasteiger partial charge in [-0.3, -0.25) is 4.68 Å². The van der Waals surface area contributed by atoms with Crippen LogP contribution in [0.4, 0.5) is 0 Å². The molecule has 2 N–H and O–H groups in total. The van der Waals surface area contributed by atoms with Gasteiger partial charge in [0.15, 0.2) is 5.82 Å². The van der Waals surface area contributed by atoms with Crippen LogP contribution in [0.1, 0.15) is 25.6 Å². The van der Waals surface area contributed by atoms with Crippen molar-refractivity contribution < 1.29 is 4.52 Å².